The minimum atomic E-state index is 0.131. The molecule has 0 radical (unpaired) electrons. The molecule has 0 spiro atoms. The second-order valence-electron chi connectivity index (χ2n) is 4.76. The van der Waals surface area contributed by atoms with E-state index in [4.69, 9.17) is 5.11 Å². The summed E-state index contributed by atoms with van der Waals surface area (Å²) in [5.41, 5.74) is 0. The average molecular weight is 205 g/mol. The molecular weight excluding hydrogens is 182 g/mol. The van der Waals surface area contributed by atoms with Gasteiger partial charge in [0.05, 0.1) is 12.1 Å². The molecule has 0 saturated heterocycles. The normalized spacial score (nSPS) is 15.5. The Morgan fingerprint density at radius 2 is 1.77 bits per heavy atom. The van der Waals surface area contributed by atoms with Crippen molar-refractivity contribution in [1.82, 2.24) is 4.90 Å². The molecule has 3 heteroatoms. The predicted molar refractivity (Wildman–Crippen MR) is 60.8 cm³/mol. The summed E-state index contributed by atoms with van der Waals surface area (Å²) in [7, 11) is 1.96. The molecular formula is C10H23NOS. The number of hydrogen-bond donors (Lipinski definition) is 1. The van der Waals surface area contributed by atoms with Crippen LogP contribution in [0.4, 0.5) is 0 Å². The summed E-state index contributed by atoms with van der Waals surface area (Å²) in [6.07, 6.45) is 0. The summed E-state index contributed by atoms with van der Waals surface area (Å²) in [6.45, 7) is 11.1. The summed E-state index contributed by atoms with van der Waals surface area (Å²) in [6, 6.07) is 0. The van der Waals surface area contributed by atoms with Gasteiger partial charge in [0.15, 0.2) is 0 Å². The van der Waals surface area contributed by atoms with Gasteiger partial charge in [0.25, 0.3) is 0 Å². The zero-order valence-corrected chi connectivity index (χ0v) is 10.5. The molecule has 0 aliphatic heterocycles. The molecule has 0 heterocycles. The Labute approximate surface area is 86.7 Å². The Kier molecular flexibility index (Phi) is 5.33. The lowest BCUT2D eigenvalue weighted by Gasteiger charge is -2.34. The van der Waals surface area contributed by atoms with Crippen molar-refractivity contribution >= 4 is 11.8 Å². The van der Waals surface area contributed by atoms with Crippen LogP contribution in [0.15, 0.2) is 0 Å². The van der Waals surface area contributed by atoms with E-state index < -0.39 is 0 Å². The van der Waals surface area contributed by atoms with Crippen molar-refractivity contribution in [1.29, 1.82) is 0 Å². The Hall–Kier alpha value is 0.270. The Balaban J connectivity index is 4.27. The van der Waals surface area contributed by atoms with Crippen LogP contribution >= 0.6 is 11.8 Å². The van der Waals surface area contributed by atoms with E-state index in [0.717, 1.165) is 0 Å². The first kappa shape index (κ1) is 13.3. The van der Waals surface area contributed by atoms with E-state index in [9.17, 15) is 0 Å². The van der Waals surface area contributed by atoms with Crippen LogP contribution < -0.4 is 0 Å². The highest BCUT2D eigenvalue weighted by Crippen LogP contribution is 2.33. The first-order chi connectivity index (χ1) is 5.78. The van der Waals surface area contributed by atoms with Gasteiger partial charge in [-0.3, -0.25) is 4.90 Å². The van der Waals surface area contributed by atoms with Crippen LogP contribution in [-0.4, -0.2) is 33.9 Å². The summed E-state index contributed by atoms with van der Waals surface area (Å²) >= 11 is 1.91. The fraction of sp³-hybridized carbons (Fsp3) is 1.00. The van der Waals surface area contributed by atoms with Gasteiger partial charge < -0.3 is 5.11 Å². The Bertz CT molecular complexity index is 142. The van der Waals surface area contributed by atoms with Gasteiger partial charge in [0.1, 0.15) is 0 Å². The third kappa shape index (κ3) is 5.55. The largest absolute Gasteiger partial charge is 0.381 e. The molecule has 0 amide bonds. The average Bonchev–Trinajstić information content (AvgIpc) is 1.96. The number of nitrogens with zero attached hydrogens (tertiary/aromatic N) is 1. The lowest BCUT2D eigenvalue weighted by atomic mass is 10.2. The van der Waals surface area contributed by atoms with Crippen molar-refractivity contribution in [3.8, 4) is 0 Å². The maximum Gasteiger partial charge on any atom is 0.0962 e. The van der Waals surface area contributed by atoms with Crippen LogP contribution in [0.3, 0.4) is 0 Å². The molecule has 2 nitrogen and oxygen atoms in total. The second-order valence-corrected chi connectivity index (χ2v) is 6.71. The molecule has 0 rings (SSSR count). The minimum Gasteiger partial charge on any atom is -0.381 e. The standard InChI is InChI=1S/C10H23NOS/c1-8(2)9(11(6)7-12)13-10(3,4)5/h8-9,12H,7H2,1-6H3. The quantitative estimate of drug-likeness (QED) is 0.713. The van der Waals surface area contributed by atoms with E-state index in [1.165, 1.54) is 0 Å². The van der Waals surface area contributed by atoms with Gasteiger partial charge in [-0.1, -0.05) is 34.6 Å². The van der Waals surface area contributed by atoms with Crippen molar-refractivity contribution in [3.63, 3.8) is 0 Å². The van der Waals surface area contributed by atoms with Crippen LogP contribution in [0.25, 0.3) is 0 Å². The molecule has 1 atom stereocenters. The molecule has 0 aromatic carbocycles. The van der Waals surface area contributed by atoms with Gasteiger partial charge >= 0.3 is 0 Å². The lowest BCUT2D eigenvalue weighted by molar-refractivity contribution is 0.108. The number of aliphatic hydroxyl groups is 1. The van der Waals surface area contributed by atoms with Crippen molar-refractivity contribution in [2.75, 3.05) is 13.8 Å². The van der Waals surface area contributed by atoms with E-state index in [0.29, 0.717) is 11.3 Å². The number of rotatable bonds is 4. The third-order valence-electron chi connectivity index (χ3n) is 1.70. The highest BCUT2D eigenvalue weighted by Gasteiger charge is 2.24. The summed E-state index contributed by atoms with van der Waals surface area (Å²) < 4.78 is 0.248. The van der Waals surface area contributed by atoms with Crippen LogP contribution in [0.2, 0.25) is 0 Å². The van der Waals surface area contributed by atoms with Crippen molar-refractivity contribution in [2.24, 2.45) is 5.92 Å². The molecule has 0 aromatic rings. The lowest BCUT2D eigenvalue weighted by Crippen LogP contribution is -2.36. The fourth-order valence-electron chi connectivity index (χ4n) is 1.18. The highest BCUT2D eigenvalue weighted by molar-refractivity contribution is 8.01. The first-order valence-electron chi connectivity index (χ1n) is 4.77. The molecule has 13 heavy (non-hydrogen) atoms. The number of hydrogen-bond acceptors (Lipinski definition) is 3. The van der Waals surface area contributed by atoms with E-state index in [1.54, 1.807) is 0 Å². The van der Waals surface area contributed by atoms with Crippen molar-refractivity contribution in [3.05, 3.63) is 0 Å². The fourth-order valence-corrected chi connectivity index (χ4v) is 2.42. The smallest absolute Gasteiger partial charge is 0.0962 e. The van der Waals surface area contributed by atoms with Crippen molar-refractivity contribution < 1.29 is 5.11 Å². The second kappa shape index (κ2) is 5.23. The van der Waals surface area contributed by atoms with Crippen LogP contribution in [-0.2, 0) is 0 Å². The SMILES string of the molecule is CC(C)C(SC(C)(C)C)N(C)CO. The number of aliphatic hydroxyl groups excluding tert-OH is 1. The monoisotopic (exact) mass is 205 g/mol. The van der Waals surface area contributed by atoms with Crippen LogP contribution in [0.5, 0.6) is 0 Å². The van der Waals surface area contributed by atoms with Gasteiger partial charge in [-0.25, -0.2) is 0 Å². The van der Waals surface area contributed by atoms with Gasteiger partial charge in [-0.2, -0.15) is 0 Å². The van der Waals surface area contributed by atoms with E-state index in [1.807, 2.05) is 23.7 Å². The molecule has 0 aromatic heterocycles. The zero-order chi connectivity index (χ0) is 10.6. The third-order valence-corrected chi connectivity index (χ3v) is 3.55. The molecule has 1 N–H and O–H groups in total. The maximum atomic E-state index is 9.06. The van der Waals surface area contributed by atoms with Crippen LogP contribution in [0, 0.1) is 5.92 Å². The summed E-state index contributed by atoms with van der Waals surface area (Å²) in [4.78, 5) is 1.99. The summed E-state index contributed by atoms with van der Waals surface area (Å²) in [5.74, 6) is 0.557. The molecule has 0 fully saturated rings. The zero-order valence-electron chi connectivity index (χ0n) is 9.66. The molecule has 80 valence electrons. The maximum absolute atomic E-state index is 9.06. The highest BCUT2D eigenvalue weighted by atomic mass is 32.2. The molecule has 0 aliphatic carbocycles. The van der Waals surface area contributed by atoms with Crippen LogP contribution in [0.1, 0.15) is 34.6 Å². The van der Waals surface area contributed by atoms with Gasteiger partial charge in [0.2, 0.25) is 0 Å². The Morgan fingerprint density at radius 3 is 2.00 bits per heavy atom. The van der Waals surface area contributed by atoms with Gasteiger partial charge in [0, 0.05) is 4.75 Å². The van der Waals surface area contributed by atoms with E-state index in [-0.39, 0.29) is 11.5 Å². The Morgan fingerprint density at radius 1 is 1.31 bits per heavy atom. The molecule has 0 bridgehead atoms. The number of thioether (sulfide) groups is 1. The van der Waals surface area contributed by atoms with E-state index >= 15 is 0 Å². The molecule has 1 unspecified atom stereocenters. The molecule has 0 aliphatic rings. The summed E-state index contributed by atoms with van der Waals surface area (Å²) in [5, 5.41) is 9.46. The molecule has 0 saturated carbocycles. The first-order valence-corrected chi connectivity index (χ1v) is 5.65. The van der Waals surface area contributed by atoms with Crippen molar-refractivity contribution in [2.45, 2.75) is 44.7 Å². The topological polar surface area (TPSA) is 23.5 Å². The predicted octanol–water partition coefficient (Wildman–Crippen LogP) is 2.38. The van der Waals surface area contributed by atoms with E-state index in [2.05, 4.69) is 34.6 Å². The minimum absolute atomic E-state index is 0.131. The van der Waals surface area contributed by atoms with Gasteiger partial charge in [-0.15, -0.1) is 11.8 Å². The van der Waals surface area contributed by atoms with Gasteiger partial charge in [-0.05, 0) is 13.0 Å².